The molecule has 0 aromatic rings. The maximum atomic E-state index is 13.0. The molecule has 3 amide bonds. The van der Waals surface area contributed by atoms with E-state index in [1.165, 1.54) is 0 Å². The minimum Gasteiger partial charge on any atom is -0.338 e. The SMILES string of the molecule is CCNC(=O)NC1(C(=O)N2CC(CN)CC2C)CCCC1. The van der Waals surface area contributed by atoms with Crippen LogP contribution in [0.5, 0.6) is 0 Å². The quantitative estimate of drug-likeness (QED) is 0.717. The Morgan fingerprint density at radius 2 is 2.00 bits per heavy atom. The number of nitrogens with one attached hydrogen (secondary N) is 2. The van der Waals surface area contributed by atoms with E-state index >= 15 is 0 Å². The van der Waals surface area contributed by atoms with E-state index in [1.807, 2.05) is 11.8 Å². The summed E-state index contributed by atoms with van der Waals surface area (Å²) in [6.45, 7) is 5.84. The smallest absolute Gasteiger partial charge is 0.315 e. The van der Waals surface area contributed by atoms with Crippen molar-refractivity contribution in [3.05, 3.63) is 0 Å². The van der Waals surface area contributed by atoms with Crippen molar-refractivity contribution in [2.24, 2.45) is 11.7 Å². The highest BCUT2D eigenvalue weighted by atomic mass is 16.2. The van der Waals surface area contributed by atoms with Crippen LogP contribution in [-0.2, 0) is 4.79 Å². The fraction of sp³-hybridized carbons (Fsp3) is 0.867. The molecule has 0 aromatic carbocycles. The molecule has 1 aliphatic carbocycles. The van der Waals surface area contributed by atoms with Crippen molar-refractivity contribution in [1.29, 1.82) is 0 Å². The monoisotopic (exact) mass is 296 g/mol. The van der Waals surface area contributed by atoms with Gasteiger partial charge < -0.3 is 21.3 Å². The van der Waals surface area contributed by atoms with Gasteiger partial charge in [0.2, 0.25) is 5.91 Å². The lowest BCUT2D eigenvalue weighted by molar-refractivity contribution is -0.138. The standard InChI is InChI=1S/C15H28N4O2/c1-3-17-14(21)18-15(6-4-5-7-15)13(20)19-10-12(9-16)8-11(19)2/h11-12H,3-10,16H2,1-2H3,(H2,17,18,21). The molecule has 0 aromatic heterocycles. The van der Waals surface area contributed by atoms with E-state index in [1.54, 1.807) is 0 Å². The van der Waals surface area contributed by atoms with Gasteiger partial charge in [-0.3, -0.25) is 4.79 Å². The lowest BCUT2D eigenvalue weighted by Crippen LogP contribution is -2.60. The Bertz CT molecular complexity index is 393. The van der Waals surface area contributed by atoms with Gasteiger partial charge in [0, 0.05) is 19.1 Å². The van der Waals surface area contributed by atoms with Crippen LogP contribution in [0.25, 0.3) is 0 Å². The average molecular weight is 296 g/mol. The van der Waals surface area contributed by atoms with Gasteiger partial charge in [-0.1, -0.05) is 12.8 Å². The van der Waals surface area contributed by atoms with Crippen molar-refractivity contribution >= 4 is 11.9 Å². The molecule has 2 atom stereocenters. The van der Waals surface area contributed by atoms with Crippen molar-refractivity contribution in [2.45, 2.75) is 57.5 Å². The molecule has 6 heteroatoms. The van der Waals surface area contributed by atoms with Gasteiger partial charge in [-0.05, 0) is 45.6 Å². The molecule has 1 saturated carbocycles. The fourth-order valence-corrected chi connectivity index (χ4v) is 3.66. The van der Waals surface area contributed by atoms with Crippen LogP contribution in [0.4, 0.5) is 4.79 Å². The molecule has 6 nitrogen and oxygen atoms in total. The summed E-state index contributed by atoms with van der Waals surface area (Å²) in [5.41, 5.74) is 5.04. The van der Waals surface area contributed by atoms with Gasteiger partial charge in [0.1, 0.15) is 5.54 Å². The topological polar surface area (TPSA) is 87.5 Å². The summed E-state index contributed by atoms with van der Waals surface area (Å²) in [5.74, 6) is 0.460. The molecule has 1 saturated heterocycles. The first-order chi connectivity index (χ1) is 10.0. The zero-order chi connectivity index (χ0) is 15.5. The minimum atomic E-state index is -0.711. The van der Waals surface area contributed by atoms with Crippen LogP contribution in [0.3, 0.4) is 0 Å². The minimum absolute atomic E-state index is 0.0784. The lowest BCUT2D eigenvalue weighted by Gasteiger charge is -2.35. The van der Waals surface area contributed by atoms with Crippen molar-refractivity contribution < 1.29 is 9.59 Å². The number of likely N-dealkylation sites (tertiary alicyclic amines) is 1. The maximum Gasteiger partial charge on any atom is 0.315 e. The molecule has 1 aliphatic heterocycles. The van der Waals surface area contributed by atoms with Crippen molar-refractivity contribution in [3.63, 3.8) is 0 Å². The molecule has 0 radical (unpaired) electrons. The highest BCUT2D eigenvalue weighted by molar-refractivity contribution is 5.91. The maximum absolute atomic E-state index is 13.0. The van der Waals surface area contributed by atoms with Crippen LogP contribution in [0.2, 0.25) is 0 Å². The van der Waals surface area contributed by atoms with E-state index in [0.717, 1.165) is 38.6 Å². The molecule has 2 fully saturated rings. The summed E-state index contributed by atoms with van der Waals surface area (Å²) in [6.07, 6.45) is 4.40. The second-order valence-electron chi connectivity index (χ2n) is 6.42. The Morgan fingerprint density at radius 1 is 1.33 bits per heavy atom. The van der Waals surface area contributed by atoms with Gasteiger partial charge in [0.15, 0.2) is 0 Å². The Hall–Kier alpha value is -1.30. The van der Waals surface area contributed by atoms with Gasteiger partial charge in [-0.2, -0.15) is 0 Å². The third-order valence-corrected chi connectivity index (χ3v) is 4.81. The molecule has 2 aliphatic rings. The van der Waals surface area contributed by atoms with Crippen molar-refractivity contribution in [1.82, 2.24) is 15.5 Å². The molecule has 0 bridgehead atoms. The van der Waals surface area contributed by atoms with Crippen molar-refractivity contribution in [2.75, 3.05) is 19.6 Å². The summed E-state index contributed by atoms with van der Waals surface area (Å²) >= 11 is 0. The molecule has 4 N–H and O–H groups in total. The van der Waals surface area contributed by atoms with Gasteiger partial charge in [-0.15, -0.1) is 0 Å². The van der Waals surface area contributed by atoms with Crippen LogP contribution in [0.1, 0.15) is 46.0 Å². The number of amides is 3. The highest BCUT2D eigenvalue weighted by Gasteiger charge is 2.47. The van der Waals surface area contributed by atoms with Gasteiger partial charge in [0.05, 0.1) is 0 Å². The first kappa shape index (κ1) is 16.1. The Morgan fingerprint density at radius 3 is 2.52 bits per heavy atom. The zero-order valence-corrected chi connectivity index (χ0v) is 13.2. The number of hydrogen-bond donors (Lipinski definition) is 3. The van der Waals surface area contributed by atoms with Crippen LogP contribution >= 0.6 is 0 Å². The van der Waals surface area contributed by atoms with E-state index < -0.39 is 5.54 Å². The van der Waals surface area contributed by atoms with Crippen LogP contribution in [0.15, 0.2) is 0 Å². The molecule has 2 unspecified atom stereocenters. The van der Waals surface area contributed by atoms with E-state index in [4.69, 9.17) is 5.73 Å². The Labute approximate surface area is 126 Å². The molecular formula is C15H28N4O2. The number of rotatable bonds is 4. The predicted molar refractivity (Wildman–Crippen MR) is 81.7 cm³/mol. The number of hydrogen-bond acceptors (Lipinski definition) is 3. The average Bonchev–Trinajstić information content (AvgIpc) is 3.05. The number of carbonyl (C=O) groups excluding carboxylic acids is 2. The molecule has 120 valence electrons. The van der Waals surface area contributed by atoms with Crippen LogP contribution in [-0.4, -0.2) is 48.1 Å². The molecule has 2 rings (SSSR count). The summed E-state index contributed by atoms with van der Waals surface area (Å²) in [6, 6.07) is -0.0328. The number of urea groups is 1. The lowest BCUT2D eigenvalue weighted by atomic mass is 9.95. The number of nitrogens with two attached hydrogens (primary N) is 1. The highest BCUT2D eigenvalue weighted by Crippen LogP contribution is 2.34. The molecule has 0 spiro atoms. The molecule has 1 heterocycles. The van der Waals surface area contributed by atoms with E-state index in [9.17, 15) is 9.59 Å². The molecular weight excluding hydrogens is 268 g/mol. The first-order valence-electron chi connectivity index (χ1n) is 8.09. The second-order valence-corrected chi connectivity index (χ2v) is 6.42. The second kappa shape index (κ2) is 6.64. The third kappa shape index (κ3) is 3.31. The summed E-state index contributed by atoms with van der Waals surface area (Å²) < 4.78 is 0. The number of nitrogens with zero attached hydrogens (tertiary/aromatic N) is 1. The van der Waals surface area contributed by atoms with Gasteiger partial charge in [0.25, 0.3) is 0 Å². The Balaban J connectivity index is 2.10. The first-order valence-corrected chi connectivity index (χ1v) is 8.09. The summed E-state index contributed by atoms with van der Waals surface area (Å²) in [5, 5.41) is 5.68. The van der Waals surface area contributed by atoms with E-state index in [0.29, 0.717) is 19.0 Å². The zero-order valence-electron chi connectivity index (χ0n) is 13.2. The van der Waals surface area contributed by atoms with E-state index in [2.05, 4.69) is 17.6 Å². The fourth-order valence-electron chi connectivity index (χ4n) is 3.66. The summed E-state index contributed by atoms with van der Waals surface area (Å²) in [7, 11) is 0. The van der Waals surface area contributed by atoms with Crippen LogP contribution in [0, 0.1) is 5.92 Å². The van der Waals surface area contributed by atoms with Gasteiger partial charge >= 0.3 is 6.03 Å². The molecule has 21 heavy (non-hydrogen) atoms. The normalized spacial score (nSPS) is 27.7. The Kier molecular flexibility index (Phi) is 5.08. The summed E-state index contributed by atoms with van der Waals surface area (Å²) in [4.78, 5) is 26.9. The third-order valence-electron chi connectivity index (χ3n) is 4.81. The number of carbonyl (C=O) groups is 2. The largest absolute Gasteiger partial charge is 0.338 e. The van der Waals surface area contributed by atoms with E-state index in [-0.39, 0.29) is 18.0 Å². The van der Waals surface area contributed by atoms with Gasteiger partial charge in [-0.25, -0.2) is 4.79 Å². The van der Waals surface area contributed by atoms with Crippen LogP contribution < -0.4 is 16.4 Å². The van der Waals surface area contributed by atoms with Crippen molar-refractivity contribution in [3.8, 4) is 0 Å². The predicted octanol–water partition coefficient (Wildman–Crippen LogP) is 0.814.